The average molecular weight is 328 g/mol. The summed E-state index contributed by atoms with van der Waals surface area (Å²) in [5, 5.41) is 6.07. The molecule has 0 unspecified atom stereocenters. The summed E-state index contributed by atoms with van der Waals surface area (Å²) < 4.78 is 15.7. The van der Waals surface area contributed by atoms with Crippen LogP contribution < -0.4 is 24.8 Å². The van der Waals surface area contributed by atoms with E-state index in [-0.39, 0.29) is 18.7 Å². The Morgan fingerprint density at radius 1 is 1.17 bits per heavy atom. The summed E-state index contributed by atoms with van der Waals surface area (Å²) in [7, 11) is 1.63. The normalized spacial score (nSPS) is 13.2. The predicted molar refractivity (Wildman–Crippen MR) is 90.5 cm³/mol. The summed E-state index contributed by atoms with van der Waals surface area (Å²) in [5.41, 5.74) is 1.82. The highest BCUT2D eigenvalue weighted by atomic mass is 16.7. The molecule has 0 saturated heterocycles. The first-order chi connectivity index (χ1) is 11.7. The van der Waals surface area contributed by atoms with Crippen LogP contribution in [0.4, 0.5) is 5.69 Å². The zero-order valence-corrected chi connectivity index (χ0v) is 13.7. The van der Waals surface area contributed by atoms with Gasteiger partial charge in [0.1, 0.15) is 11.8 Å². The summed E-state index contributed by atoms with van der Waals surface area (Å²) in [5.74, 6) is 2.12. The molecule has 0 bridgehead atoms. The van der Waals surface area contributed by atoms with Crippen molar-refractivity contribution in [2.75, 3.05) is 19.2 Å². The lowest BCUT2D eigenvalue weighted by Crippen LogP contribution is -2.37. The number of amides is 1. The number of hydrogen-bond donors (Lipinski definition) is 2. The van der Waals surface area contributed by atoms with Crippen LogP contribution in [-0.4, -0.2) is 25.9 Å². The molecule has 1 atom stereocenters. The first kappa shape index (κ1) is 16.0. The molecule has 0 fully saturated rings. The first-order valence-electron chi connectivity index (χ1n) is 7.72. The van der Waals surface area contributed by atoms with Crippen LogP contribution in [0.2, 0.25) is 0 Å². The molecule has 126 valence electrons. The highest BCUT2D eigenvalue weighted by molar-refractivity contribution is 5.84. The molecule has 2 N–H and O–H groups in total. The third-order valence-corrected chi connectivity index (χ3v) is 3.77. The number of rotatable bonds is 6. The van der Waals surface area contributed by atoms with Gasteiger partial charge in [0.05, 0.1) is 7.11 Å². The van der Waals surface area contributed by atoms with E-state index in [0.29, 0.717) is 12.3 Å². The Balaban J connectivity index is 1.52. The third-order valence-electron chi connectivity index (χ3n) is 3.77. The molecule has 2 aromatic carbocycles. The molecule has 1 aliphatic heterocycles. The molecule has 24 heavy (non-hydrogen) atoms. The Morgan fingerprint density at radius 3 is 2.67 bits per heavy atom. The molecule has 2 aromatic rings. The van der Waals surface area contributed by atoms with E-state index >= 15 is 0 Å². The van der Waals surface area contributed by atoms with E-state index in [9.17, 15) is 4.79 Å². The molecule has 0 aromatic heterocycles. The zero-order valence-electron chi connectivity index (χ0n) is 13.7. The standard InChI is InChI=1S/C18H20N2O4/c1-12(20-14-5-8-16-17(9-14)24-11-23-16)18(21)19-10-13-3-6-15(22-2)7-4-13/h3-9,12,20H,10-11H2,1-2H3,(H,19,21)/t12-/m0/s1. The van der Waals surface area contributed by atoms with Crippen molar-refractivity contribution in [2.45, 2.75) is 19.5 Å². The van der Waals surface area contributed by atoms with Gasteiger partial charge in [-0.05, 0) is 36.8 Å². The van der Waals surface area contributed by atoms with Gasteiger partial charge in [0.2, 0.25) is 12.7 Å². The van der Waals surface area contributed by atoms with Gasteiger partial charge in [0, 0.05) is 18.3 Å². The molecule has 6 nitrogen and oxygen atoms in total. The van der Waals surface area contributed by atoms with Crippen molar-refractivity contribution < 1.29 is 19.0 Å². The maximum absolute atomic E-state index is 12.2. The Labute approximate surface area is 140 Å². The van der Waals surface area contributed by atoms with Crippen LogP contribution >= 0.6 is 0 Å². The molecule has 1 heterocycles. The number of hydrogen-bond acceptors (Lipinski definition) is 5. The molecule has 1 amide bonds. The third kappa shape index (κ3) is 3.71. The minimum Gasteiger partial charge on any atom is -0.497 e. The van der Waals surface area contributed by atoms with Gasteiger partial charge in [-0.25, -0.2) is 0 Å². The maximum Gasteiger partial charge on any atom is 0.242 e. The number of ether oxygens (including phenoxy) is 3. The van der Waals surface area contributed by atoms with Crippen LogP contribution in [0.3, 0.4) is 0 Å². The Hall–Kier alpha value is -2.89. The fraction of sp³-hybridized carbons (Fsp3) is 0.278. The number of methoxy groups -OCH3 is 1. The molecule has 3 rings (SSSR count). The van der Waals surface area contributed by atoms with Gasteiger partial charge in [-0.2, -0.15) is 0 Å². The number of anilines is 1. The fourth-order valence-electron chi connectivity index (χ4n) is 2.39. The number of carbonyl (C=O) groups is 1. The van der Waals surface area contributed by atoms with Crippen molar-refractivity contribution in [1.29, 1.82) is 0 Å². The Kier molecular flexibility index (Phi) is 4.74. The van der Waals surface area contributed by atoms with Crippen LogP contribution in [0, 0.1) is 0 Å². The molecule has 1 aliphatic rings. The molecule has 0 aliphatic carbocycles. The average Bonchev–Trinajstić information content (AvgIpc) is 3.07. The minimum absolute atomic E-state index is 0.0801. The summed E-state index contributed by atoms with van der Waals surface area (Å²) >= 11 is 0. The van der Waals surface area contributed by atoms with Crippen LogP contribution in [0.25, 0.3) is 0 Å². The lowest BCUT2D eigenvalue weighted by Gasteiger charge is -2.15. The van der Waals surface area contributed by atoms with E-state index < -0.39 is 0 Å². The van der Waals surface area contributed by atoms with Gasteiger partial charge < -0.3 is 24.8 Å². The minimum atomic E-state index is -0.372. The fourth-order valence-corrected chi connectivity index (χ4v) is 2.39. The monoisotopic (exact) mass is 328 g/mol. The Bertz CT molecular complexity index is 715. The van der Waals surface area contributed by atoms with Gasteiger partial charge in [0.25, 0.3) is 0 Å². The quantitative estimate of drug-likeness (QED) is 0.853. The second-order valence-electron chi connectivity index (χ2n) is 5.50. The van der Waals surface area contributed by atoms with Crippen LogP contribution in [0.1, 0.15) is 12.5 Å². The van der Waals surface area contributed by atoms with E-state index in [1.165, 1.54) is 0 Å². The molecular formula is C18H20N2O4. The van der Waals surface area contributed by atoms with Gasteiger partial charge in [0.15, 0.2) is 11.5 Å². The summed E-state index contributed by atoms with van der Waals surface area (Å²) in [6.07, 6.45) is 0. The molecule has 0 saturated carbocycles. The lowest BCUT2D eigenvalue weighted by atomic mass is 10.2. The van der Waals surface area contributed by atoms with Gasteiger partial charge in [-0.1, -0.05) is 12.1 Å². The van der Waals surface area contributed by atoms with E-state index in [4.69, 9.17) is 14.2 Å². The number of nitrogens with one attached hydrogen (secondary N) is 2. The van der Waals surface area contributed by atoms with Crippen LogP contribution in [0.5, 0.6) is 17.2 Å². The van der Waals surface area contributed by atoms with E-state index in [0.717, 1.165) is 22.7 Å². The van der Waals surface area contributed by atoms with Gasteiger partial charge in [-0.3, -0.25) is 4.79 Å². The van der Waals surface area contributed by atoms with Crippen molar-refractivity contribution >= 4 is 11.6 Å². The molecule has 6 heteroatoms. The largest absolute Gasteiger partial charge is 0.497 e. The summed E-state index contributed by atoms with van der Waals surface area (Å²) in [4.78, 5) is 12.2. The van der Waals surface area contributed by atoms with E-state index in [2.05, 4.69) is 10.6 Å². The second-order valence-corrected chi connectivity index (χ2v) is 5.50. The highest BCUT2D eigenvalue weighted by Gasteiger charge is 2.16. The van der Waals surface area contributed by atoms with E-state index in [1.807, 2.05) is 49.4 Å². The SMILES string of the molecule is COc1ccc(CNC(=O)[C@H](C)Nc2ccc3c(c2)OCO3)cc1. The predicted octanol–water partition coefficient (Wildman–Crippen LogP) is 2.54. The van der Waals surface area contributed by atoms with E-state index in [1.54, 1.807) is 7.11 Å². The van der Waals surface area contributed by atoms with Crippen molar-refractivity contribution in [1.82, 2.24) is 5.32 Å². The smallest absolute Gasteiger partial charge is 0.242 e. The second kappa shape index (κ2) is 7.12. The molecule has 0 radical (unpaired) electrons. The number of benzene rings is 2. The van der Waals surface area contributed by atoms with Crippen LogP contribution in [-0.2, 0) is 11.3 Å². The highest BCUT2D eigenvalue weighted by Crippen LogP contribution is 2.34. The van der Waals surface area contributed by atoms with Crippen LogP contribution in [0.15, 0.2) is 42.5 Å². The van der Waals surface area contributed by atoms with Crippen molar-refractivity contribution in [3.63, 3.8) is 0 Å². The summed E-state index contributed by atoms with van der Waals surface area (Å²) in [6.45, 7) is 2.51. The topological polar surface area (TPSA) is 68.8 Å². The maximum atomic E-state index is 12.2. The molecule has 0 spiro atoms. The lowest BCUT2D eigenvalue weighted by molar-refractivity contribution is -0.121. The van der Waals surface area contributed by atoms with Crippen molar-refractivity contribution in [3.8, 4) is 17.2 Å². The number of fused-ring (bicyclic) bond motifs is 1. The Morgan fingerprint density at radius 2 is 1.92 bits per heavy atom. The molecular weight excluding hydrogens is 308 g/mol. The van der Waals surface area contributed by atoms with Crippen molar-refractivity contribution in [2.24, 2.45) is 0 Å². The first-order valence-corrected chi connectivity index (χ1v) is 7.72. The zero-order chi connectivity index (χ0) is 16.9. The van der Waals surface area contributed by atoms with Gasteiger partial charge in [-0.15, -0.1) is 0 Å². The van der Waals surface area contributed by atoms with Gasteiger partial charge >= 0.3 is 0 Å². The van der Waals surface area contributed by atoms with Crippen molar-refractivity contribution in [3.05, 3.63) is 48.0 Å². The summed E-state index contributed by atoms with van der Waals surface area (Å²) in [6, 6.07) is 12.7. The number of carbonyl (C=O) groups excluding carboxylic acids is 1.